The normalized spacial score (nSPS) is 10.5. The van der Waals surface area contributed by atoms with Crippen LogP contribution in [0.2, 0.25) is 0 Å². The minimum atomic E-state index is -0.458. The minimum absolute atomic E-state index is 0.0301. The van der Waals surface area contributed by atoms with Gasteiger partial charge in [-0.15, -0.1) is 0 Å². The van der Waals surface area contributed by atoms with E-state index < -0.39 is 5.91 Å². The Hall–Kier alpha value is -1.69. The highest BCUT2D eigenvalue weighted by atomic mass is 32.1. The molecule has 3 N–H and O–H groups in total. The van der Waals surface area contributed by atoms with Gasteiger partial charge in [-0.25, -0.2) is 9.37 Å². The number of benzene rings is 1. The van der Waals surface area contributed by atoms with Crippen molar-refractivity contribution in [3.63, 3.8) is 0 Å². The van der Waals surface area contributed by atoms with Crippen LogP contribution in [0.3, 0.4) is 0 Å². The average Bonchev–Trinajstić information content (AvgIpc) is 2.56. The van der Waals surface area contributed by atoms with Crippen LogP contribution in [0.5, 0.6) is 0 Å². The lowest BCUT2D eigenvalue weighted by atomic mass is 10.3. The Balaban J connectivity index is 2.27. The van der Waals surface area contributed by atoms with E-state index in [2.05, 4.69) is 10.3 Å². The Kier molecular flexibility index (Phi) is 2.51. The molecule has 0 saturated carbocycles. The number of hydrogen-bond donors (Lipinski definition) is 2. The second-order valence-electron chi connectivity index (χ2n) is 2.95. The number of carbonyl (C=O) groups excluding carboxylic acids is 1. The first kappa shape index (κ1) is 9.85. The molecule has 1 heterocycles. The highest BCUT2D eigenvalue weighted by molar-refractivity contribution is 7.22. The molecule has 0 fully saturated rings. The highest BCUT2D eigenvalue weighted by Crippen LogP contribution is 2.26. The zero-order chi connectivity index (χ0) is 10.8. The van der Waals surface area contributed by atoms with Crippen LogP contribution in [-0.4, -0.2) is 17.4 Å². The summed E-state index contributed by atoms with van der Waals surface area (Å²) in [6.45, 7) is 0.0301. The van der Waals surface area contributed by atoms with Crippen molar-refractivity contribution < 1.29 is 9.18 Å². The standard InChI is InChI=1S/C9H8FN3OS/c10-5-1-2-6-7(3-5)15-9(13-6)12-4-8(11)14/h1-3H,4H2,(H2,11,14)(H,12,13). The summed E-state index contributed by atoms with van der Waals surface area (Å²) in [6, 6.07) is 4.35. The fourth-order valence-electron chi connectivity index (χ4n) is 1.14. The number of anilines is 1. The molecule has 6 heteroatoms. The molecule has 2 aromatic rings. The summed E-state index contributed by atoms with van der Waals surface area (Å²) in [5, 5.41) is 3.33. The van der Waals surface area contributed by atoms with E-state index in [9.17, 15) is 9.18 Å². The number of halogens is 1. The Bertz CT molecular complexity index is 511. The number of thiazole rings is 1. The maximum atomic E-state index is 12.8. The van der Waals surface area contributed by atoms with E-state index >= 15 is 0 Å². The van der Waals surface area contributed by atoms with E-state index in [1.165, 1.54) is 23.5 Å². The molecule has 0 aliphatic carbocycles. The van der Waals surface area contributed by atoms with Crippen molar-refractivity contribution in [1.29, 1.82) is 0 Å². The fraction of sp³-hybridized carbons (Fsp3) is 0.111. The molecule has 15 heavy (non-hydrogen) atoms. The van der Waals surface area contributed by atoms with Crippen molar-refractivity contribution in [2.45, 2.75) is 0 Å². The lowest BCUT2D eigenvalue weighted by Gasteiger charge is -1.95. The molecule has 0 aliphatic heterocycles. The largest absolute Gasteiger partial charge is 0.368 e. The van der Waals surface area contributed by atoms with Gasteiger partial charge in [0.25, 0.3) is 0 Å². The van der Waals surface area contributed by atoms with Gasteiger partial charge in [0.15, 0.2) is 5.13 Å². The second-order valence-corrected chi connectivity index (χ2v) is 3.98. The Morgan fingerprint density at radius 3 is 3.13 bits per heavy atom. The monoisotopic (exact) mass is 225 g/mol. The Morgan fingerprint density at radius 1 is 1.60 bits per heavy atom. The number of primary amides is 1. The molecule has 0 spiro atoms. The Morgan fingerprint density at radius 2 is 2.40 bits per heavy atom. The summed E-state index contributed by atoms with van der Waals surface area (Å²) < 4.78 is 13.6. The summed E-state index contributed by atoms with van der Waals surface area (Å²) in [6.07, 6.45) is 0. The molecule has 78 valence electrons. The van der Waals surface area contributed by atoms with Crippen LogP contribution in [0.15, 0.2) is 18.2 Å². The third kappa shape index (κ3) is 2.21. The van der Waals surface area contributed by atoms with Gasteiger partial charge in [-0.05, 0) is 18.2 Å². The van der Waals surface area contributed by atoms with E-state index in [-0.39, 0.29) is 12.4 Å². The van der Waals surface area contributed by atoms with Crippen molar-refractivity contribution in [3.8, 4) is 0 Å². The Labute approximate surface area is 88.9 Å². The maximum absolute atomic E-state index is 12.8. The fourth-order valence-corrected chi connectivity index (χ4v) is 2.02. The van der Waals surface area contributed by atoms with Gasteiger partial charge in [0.2, 0.25) is 5.91 Å². The summed E-state index contributed by atoms with van der Waals surface area (Å²) in [5.74, 6) is -0.756. The van der Waals surface area contributed by atoms with Crippen LogP contribution in [0.1, 0.15) is 0 Å². The van der Waals surface area contributed by atoms with E-state index in [0.29, 0.717) is 10.6 Å². The first-order chi connectivity index (χ1) is 7.15. The van der Waals surface area contributed by atoms with Crippen LogP contribution in [0.4, 0.5) is 9.52 Å². The van der Waals surface area contributed by atoms with Crippen LogP contribution in [0, 0.1) is 5.82 Å². The minimum Gasteiger partial charge on any atom is -0.368 e. The van der Waals surface area contributed by atoms with Crippen LogP contribution < -0.4 is 11.1 Å². The van der Waals surface area contributed by atoms with Gasteiger partial charge < -0.3 is 11.1 Å². The molecule has 0 aliphatic rings. The maximum Gasteiger partial charge on any atom is 0.236 e. The zero-order valence-corrected chi connectivity index (χ0v) is 8.47. The number of carbonyl (C=O) groups is 1. The molecule has 1 amide bonds. The number of hydrogen-bond acceptors (Lipinski definition) is 4. The average molecular weight is 225 g/mol. The molecule has 0 radical (unpaired) electrons. The first-order valence-corrected chi connectivity index (χ1v) is 5.05. The predicted molar refractivity (Wildman–Crippen MR) is 57.3 cm³/mol. The van der Waals surface area contributed by atoms with Gasteiger partial charge >= 0.3 is 0 Å². The molecule has 4 nitrogen and oxygen atoms in total. The summed E-state index contributed by atoms with van der Waals surface area (Å²) in [5.41, 5.74) is 5.68. The van der Waals surface area contributed by atoms with Crippen molar-refractivity contribution in [2.24, 2.45) is 5.73 Å². The zero-order valence-electron chi connectivity index (χ0n) is 7.66. The summed E-state index contributed by atoms with van der Waals surface area (Å²) >= 11 is 1.28. The first-order valence-electron chi connectivity index (χ1n) is 4.23. The number of rotatable bonds is 3. The third-order valence-electron chi connectivity index (χ3n) is 1.76. The number of nitrogens with two attached hydrogens (primary N) is 1. The van der Waals surface area contributed by atoms with Crippen molar-refractivity contribution in [2.75, 3.05) is 11.9 Å². The topological polar surface area (TPSA) is 68.0 Å². The number of fused-ring (bicyclic) bond motifs is 1. The van der Waals surface area contributed by atoms with Crippen LogP contribution >= 0.6 is 11.3 Å². The summed E-state index contributed by atoms with van der Waals surface area (Å²) in [4.78, 5) is 14.7. The molecule has 2 rings (SSSR count). The molecule has 0 bridgehead atoms. The number of aromatic nitrogens is 1. The summed E-state index contributed by atoms with van der Waals surface area (Å²) in [7, 11) is 0. The van der Waals surface area contributed by atoms with E-state index in [4.69, 9.17) is 5.73 Å². The molecule has 1 aromatic heterocycles. The van der Waals surface area contributed by atoms with Gasteiger partial charge in [0, 0.05) is 0 Å². The molecule has 0 saturated heterocycles. The second kappa shape index (κ2) is 3.82. The van der Waals surface area contributed by atoms with Gasteiger partial charge in [0.1, 0.15) is 5.82 Å². The lowest BCUT2D eigenvalue weighted by molar-refractivity contribution is -0.116. The number of nitrogens with zero attached hydrogens (tertiary/aromatic N) is 1. The number of amides is 1. The van der Waals surface area contributed by atoms with E-state index in [1.807, 2.05) is 0 Å². The third-order valence-corrected chi connectivity index (χ3v) is 2.74. The number of nitrogens with one attached hydrogen (secondary N) is 1. The highest BCUT2D eigenvalue weighted by Gasteiger charge is 2.04. The van der Waals surface area contributed by atoms with E-state index in [0.717, 1.165) is 4.70 Å². The van der Waals surface area contributed by atoms with Crippen molar-refractivity contribution in [1.82, 2.24) is 4.98 Å². The molecule has 0 unspecified atom stereocenters. The SMILES string of the molecule is NC(=O)CNc1nc2ccc(F)cc2s1. The molecule has 1 aromatic carbocycles. The smallest absolute Gasteiger partial charge is 0.236 e. The van der Waals surface area contributed by atoms with Gasteiger partial charge in [-0.1, -0.05) is 11.3 Å². The predicted octanol–water partition coefficient (Wildman–Crippen LogP) is 1.33. The van der Waals surface area contributed by atoms with Gasteiger partial charge in [0.05, 0.1) is 16.8 Å². The van der Waals surface area contributed by atoms with Gasteiger partial charge in [-0.2, -0.15) is 0 Å². The van der Waals surface area contributed by atoms with Crippen molar-refractivity contribution >= 4 is 32.6 Å². The van der Waals surface area contributed by atoms with Crippen LogP contribution in [0.25, 0.3) is 10.2 Å². The lowest BCUT2D eigenvalue weighted by Crippen LogP contribution is -2.21. The molecule has 0 atom stereocenters. The van der Waals surface area contributed by atoms with Gasteiger partial charge in [-0.3, -0.25) is 4.79 Å². The van der Waals surface area contributed by atoms with Crippen molar-refractivity contribution in [3.05, 3.63) is 24.0 Å². The van der Waals surface area contributed by atoms with Crippen LogP contribution in [-0.2, 0) is 4.79 Å². The van der Waals surface area contributed by atoms with E-state index in [1.54, 1.807) is 6.07 Å². The quantitative estimate of drug-likeness (QED) is 0.828. The molecular weight excluding hydrogens is 217 g/mol. The molecular formula is C9H8FN3OS.